The van der Waals surface area contributed by atoms with Crippen LogP contribution in [0, 0.1) is 0 Å². The summed E-state index contributed by atoms with van der Waals surface area (Å²) in [5.74, 6) is 1.34. The Morgan fingerprint density at radius 1 is 0.917 bits per heavy atom. The zero-order chi connectivity index (χ0) is 24.9. The van der Waals surface area contributed by atoms with Gasteiger partial charge in [-0.3, -0.25) is 4.90 Å². The van der Waals surface area contributed by atoms with Crippen LogP contribution < -0.4 is 9.64 Å². The van der Waals surface area contributed by atoms with Crippen LogP contribution in [0.1, 0.15) is 25.0 Å². The Kier molecular flexibility index (Phi) is 5.00. The molecule has 1 aliphatic rings. The van der Waals surface area contributed by atoms with Crippen molar-refractivity contribution in [3.8, 4) is 39.9 Å². The van der Waals surface area contributed by atoms with E-state index >= 15 is 0 Å². The fourth-order valence-corrected chi connectivity index (χ4v) is 4.76. The maximum atomic E-state index is 10.6. The monoisotopic (exact) mass is 476 g/mol. The summed E-state index contributed by atoms with van der Waals surface area (Å²) in [4.78, 5) is 15.3. The normalized spacial score (nSPS) is 13.2. The molecule has 0 spiro atoms. The molecular weight excluding hydrogens is 452 g/mol. The van der Waals surface area contributed by atoms with Crippen LogP contribution in [0.25, 0.3) is 22.5 Å². The van der Waals surface area contributed by atoms with Gasteiger partial charge in [0.1, 0.15) is 17.8 Å². The minimum atomic E-state index is -0.227. The number of hydrogen-bond donors (Lipinski definition) is 1. The van der Waals surface area contributed by atoms with E-state index in [9.17, 15) is 5.11 Å². The molecule has 0 aliphatic heterocycles. The molecular formula is C29H24N4O3. The number of anilines is 2. The summed E-state index contributed by atoms with van der Waals surface area (Å²) in [6.45, 7) is 4.32. The highest BCUT2D eigenvalue weighted by Gasteiger charge is 2.38. The third-order valence-electron chi connectivity index (χ3n) is 6.69. The first kappa shape index (κ1) is 21.9. The van der Waals surface area contributed by atoms with E-state index in [1.54, 1.807) is 18.5 Å². The predicted molar refractivity (Wildman–Crippen MR) is 138 cm³/mol. The molecule has 3 aromatic heterocycles. The lowest BCUT2D eigenvalue weighted by Gasteiger charge is -2.21. The summed E-state index contributed by atoms with van der Waals surface area (Å²) in [5.41, 5.74) is 6.13. The molecule has 36 heavy (non-hydrogen) atoms. The highest BCUT2D eigenvalue weighted by Crippen LogP contribution is 2.51. The van der Waals surface area contributed by atoms with Gasteiger partial charge in [-0.1, -0.05) is 44.2 Å². The van der Waals surface area contributed by atoms with Crippen LogP contribution in [0.3, 0.4) is 0 Å². The summed E-state index contributed by atoms with van der Waals surface area (Å²) in [6.07, 6.45) is 4.81. The van der Waals surface area contributed by atoms with Gasteiger partial charge in [-0.25, -0.2) is 15.0 Å². The molecule has 7 nitrogen and oxygen atoms in total. The topological polar surface area (TPSA) is 84.5 Å². The quantitative estimate of drug-likeness (QED) is 0.302. The maximum Gasteiger partial charge on any atom is 0.301 e. The van der Waals surface area contributed by atoms with Crippen molar-refractivity contribution in [3.63, 3.8) is 0 Å². The second-order valence-corrected chi connectivity index (χ2v) is 9.27. The molecule has 0 amide bonds. The molecule has 0 saturated carbocycles. The molecule has 6 rings (SSSR count). The Morgan fingerprint density at radius 2 is 1.78 bits per heavy atom. The van der Waals surface area contributed by atoms with Gasteiger partial charge in [-0.05, 0) is 41.5 Å². The number of hydrogen-bond acceptors (Lipinski definition) is 7. The van der Waals surface area contributed by atoms with Crippen molar-refractivity contribution in [1.82, 2.24) is 15.0 Å². The average molecular weight is 477 g/mol. The smallest absolute Gasteiger partial charge is 0.301 e. The van der Waals surface area contributed by atoms with Crippen LogP contribution >= 0.6 is 0 Å². The SMILES string of the molecule is CN(c1ccnc(Oc2cccc(-c3ccc4c(n3)-c3c(O)cccc3C4(C)C)c2)c1)c1ncco1. The molecule has 1 N–H and O–H groups in total. The molecule has 7 heteroatoms. The number of pyridine rings is 2. The van der Waals surface area contributed by atoms with Crippen LogP contribution in [0.15, 0.2) is 89.8 Å². The fraction of sp³-hybridized carbons (Fsp3) is 0.138. The van der Waals surface area contributed by atoms with E-state index in [2.05, 4.69) is 35.9 Å². The summed E-state index contributed by atoms with van der Waals surface area (Å²) in [5, 5.41) is 10.6. The van der Waals surface area contributed by atoms with Gasteiger partial charge in [0, 0.05) is 35.9 Å². The second kappa shape index (κ2) is 8.23. The molecule has 5 aromatic rings. The number of phenolic OH excluding ortho intramolecular Hbond substituents is 1. The van der Waals surface area contributed by atoms with Crippen molar-refractivity contribution in [2.45, 2.75) is 19.3 Å². The van der Waals surface area contributed by atoms with Crippen molar-refractivity contribution < 1.29 is 14.3 Å². The highest BCUT2D eigenvalue weighted by molar-refractivity contribution is 5.83. The minimum Gasteiger partial charge on any atom is -0.507 e. The molecule has 0 atom stereocenters. The second-order valence-electron chi connectivity index (χ2n) is 9.27. The number of fused-ring (bicyclic) bond motifs is 3. The Bertz CT molecular complexity index is 1580. The Morgan fingerprint density at radius 3 is 2.61 bits per heavy atom. The number of nitrogens with zero attached hydrogens (tertiary/aromatic N) is 4. The maximum absolute atomic E-state index is 10.6. The van der Waals surface area contributed by atoms with E-state index in [0.717, 1.165) is 39.3 Å². The number of phenols is 1. The van der Waals surface area contributed by atoms with Crippen molar-refractivity contribution in [2.75, 3.05) is 11.9 Å². The number of ether oxygens (including phenoxy) is 1. The largest absolute Gasteiger partial charge is 0.507 e. The lowest BCUT2D eigenvalue weighted by atomic mass is 9.83. The first-order valence-corrected chi connectivity index (χ1v) is 11.6. The lowest BCUT2D eigenvalue weighted by molar-refractivity contribution is 0.463. The van der Waals surface area contributed by atoms with Gasteiger partial charge >= 0.3 is 6.01 Å². The van der Waals surface area contributed by atoms with E-state index in [1.807, 2.05) is 60.5 Å². The van der Waals surface area contributed by atoms with Crippen molar-refractivity contribution in [3.05, 3.63) is 96.5 Å². The predicted octanol–water partition coefficient (Wildman–Crippen LogP) is 6.70. The van der Waals surface area contributed by atoms with Crippen molar-refractivity contribution >= 4 is 11.7 Å². The van der Waals surface area contributed by atoms with E-state index in [4.69, 9.17) is 14.1 Å². The van der Waals surface area contributed by atoms with Crippen LogP contribution in [0.2, 0.25) is 0 Å². The fourth-order valence-electron chi connectivity index (χ4n) is 4.76. The van der Waals surface area contributed by atoms with E-state index in [0.29, 0.717) is 17.6 Å². The molecule has 0 radical (unpaired) electrons. The average Bonchev–Trinajstić information content (AvgIpc) is 3.50. The van der Waals surface area contributed by atoms with Gasteiger partial charge in [0.2, 0.25) is 5.88 Å². The number of rotatable bonds is 5. The van der Waals surface area contributed by atoms with E-state index < -0.39 is 0 Å². The van der Waals surface area contributed by atoms with E-state index in [1.165, 1.54) is 6.26 Å². The third kappa shape index (κ3) is 3.56. The molecule has 0 fully saturated rings. The van der Waals surface area contributed by atoms with Crippen LogP contribution in [0.4, 0.5) is 11.7 Å². The molecule has 2 aromatic carbocycles. The van der Waals surface area contributed by atoms with Crippen molar-refractivity contribution in [1.29, 1.82) is 0 Å². The van der Waals surface area contributed by atoms with Gasteiger partial charge in [-0.2, -0.15) is 0 Å². The molecule has 1 aliphatic carbocycles. The third-order valence-corrected chi connectivity index (χ3v) is 6.69. The summed E-state index contributed by atoms with van der Waals surface area (Å²) < 4.78 is 11.5. The van der Waals surface area contributed by atoms with E-state index in [-0.39, 0.29) is 11.2 Å². The van der Waals surface area contributed by atoms with Crippen LogP contribution in [-0.2, 0) is 5.41 Å². The molecule has 0 unspecified atom stereocenters. The first-order valence-electron chi connectivity index (χ1n) is 11.6. The number of aromatic nitrogens is 3. The number of oxazole rings is 1. The number of benzene rings is 2. The zero-order valence-electron chi connectivity index (χ0n) is 20.1. The highest BCUT2D eigenvalue weighted by atomic mass is 16.5. The summed E-state index contributed by atoms with van der Waals surface area (Å²) >= 11 is 0. The number of aromatic hydroxyl groups is 1. The molecule has 0 bridgehead atoms. The summed E-state index contributed by atoms with van der Waals surface area (Å²) in [6, 6.07) is 21.7. The Balaban J connectivity index is 1.32. The first-order chi connectivity index (χ1) is 17.4. The molecule has 178 valence electrons. The molecule has 0 saturated heterocycles. The summed E-state index contributed by atoms with van der Waals surface area (Å²) in [7, 11) is 1.86. The van der Waals surface area contributed by atoms with Gasteiger partial charge < -0.3 is 14.3 Å². The Hall–Kier alpha value is -4.65. The van der Waals surface area contributed by atoms with Gasteiger partial charge in [0.25, 0.3) is 0 Å². The minimum absolute atomic E-state index is 0.227. The lowest BCUT2D eigenvalue weighted by Crippen LogP contribution is -2.14. The van der Waals surface area contributed by atoms with Crippen molar-refractivity contribution in [2.24, 2.45) is 0 Å². The zero-order valence-corrected chi connectivity index (χ0v) is 20.1. The Labute approximate surface area is 208 Å². The van der Waals surface area contributed by atoms with Gasteiger partial charge in [0.15, 0.2) is 0 Å². The van der Waals surface area contributed by atoms with Crippen LogP contribution in [0.5, 0.6) is 17.4 Å². The molecule has 3 heterocycles. The van der Waals surface area contributed by atoms with Gasteiger partial charge in [-0.15, -0.1) is 0 Å². The standard InChI is InChI=1S/C29H24N4O3/c1-29(2)21-8-5-9-24(34)26(21)27-22(29)10-11-23(32-27)18-6-4-7-20(16-18)36-25-17-19(12-13-30-25)33(3)28-31-14-15-35-28/h4-17,34H,1-3H3. The van der Waals surface area contributed by atoms with Crippen LogP contribution in [-0.4, -0.2) is 27.1 Å². The van der Waals surface area contributed by atoms with Gasteiger partial charge in [0.05, 0.1) is 23.3 Å².